The lowest BCUT2D eigenvalue weighted by atomic mass is 9.89. The van der Waals surface area contributed by atoms with Gasteiger partial charge >= 0.3 is 12.1 Å². The molecule has 0 saturated carbocycles. The molecule has 1 aromatic carbocycles. The normalized spacial score (nSPS) is 15.5. The summed E-state index contributed by atoms with van der Waals surface area (Å²) in [6, 6.07) is 5.56. The molecule has 0 amide bonds. The molecule has 0 saturated heterocycles. The van der Waals surface area contributed by atoms with E-state index >= 15 is 0 Å². The van der Waals surface area contributed by atoms with E-state index in [1.54, 1.807) is 6.07 Å². The molecule has 0 aliphatic heterocycles. The van der Waals surface area contributed by atoms with Crippen LogP contribution in [0.1, 0.15) is 38.7 Å². The molecule has 1 aromatic rings. The molecule has 1 N–H and O–H groups in total. The monoisotopic (exact) mass is 326 g/mol. The molecule has 0 aromatic heterocycles. The Balaban J connectivity index is 2.91. The molecule has 7 heteroatoms. The molecule has 0 bridgehead atoms. The zero-order valence-corrected chi connectivity index (χ0v) is 12.4. The van der Waals surface area contributed by atoms with Crippen LogP contribution < -0.4 is 4.74 Å². The summed E-state index contributed by atoms with van der Waals surface area (Å²) >= 11 is 0. The maximum atomic E-state index is 13.1. The van der Waals surface area contributed by atoms with E-state index < -0.39 is 24.1 Å². The van der Waals surface area contributed by atoms with Gasteiger partial charge in [-0.1, -0.05) is 25.5 Å². The van der Waals surface area contributed by atoms with Crippen molar-refractivity contribution in [3.8, 4) is 5.75 Å². The van der Waals surface area contributed by atoms with E-state index in [0.717, 1.165) is 19.8 Å². The fraction of sp³-hybridized carbons (Fsp3) is 0.600. The quantitative estimate of drug-likeness (QED) is 0.583. The summed E-state index contributed by atoms with van der Waals surface area (Å²) in [5, 5.41) is 10.0. The van der Waals surface area contributed by atoms with Crippen LogP contribution in [0.15, 0.2) is 24.3 Å². The number of alkyl halides is 5. The van der Waals surface area contributed by atoms with Gasteiger partial charge in [0.15, 0.2) is 0 Å². The third-order valence-electron chi connectivity index (χ3n) is 3.20. The first-order valence-corrected chi connectivity index (χ1v) is 6.90. The molecular formula is C15H19F5O2. The number of benzene rings is 1. The van der Waals surface area contributed by atoms with Crippen molar-refractivity contribution in [2.75, 3.05) is 6.61 Å². The van der Waals surface area contributed by atoms with Crippen LogP contribution in [-0.4, -0.2) is 23.8 Å². The minimum Gasteiger partial charge on any atom is -0.494 e. The second kappa shape index (κ2) is 6.81. The molecule has 0 heterocycles. The van der Waals surface area contributed by atoms with E-state index in [9.17, 15) is 27.1 Å². The van der Waals surface area contributed by atoms with E-state index in [1.807, 2.05) is 6.92 Å². The Morgan fingerprint density at radius 1 is 1.14 bits per heavy atom. The molecule has 2 nitrogen and oxygen atoms in total. The second-order valence-corrected chi connectivity index (χ2v) is 5.38. The van der Waals surface area contributed by atoms with Crippen LogP contribution in [0.4, 0.5) is 22.0 Å². The summed E-state index contributed by atoms with van der Waals surface area (Å²) in [5.74, 6) is -4.66. The number of ether oxygens (including phenoxy) is 1. The van der Waals surface area contributed by atoms with E-state index in [1.165, 1.54) is 18.2 Å². The van der Waals surface area contributed by atoms with Gasteiger partial charge in [0.1, 0.15) is 5.75 Å². The van der Waals surface area contributed by atoms with Gasteiger partial charge in [-0.25, -0.2) is 0 Å². The van der Waals surface area contributed by atoms with Gasteiger partial charge in [0.2, 0.25) is 0 Å². The van der Waals surface area contributed by atoms with Gasteiger partial charge in [-0.2, -0.15) is 22.0 Å². The lowest BCUT2D eigenvalue weighted by molar-refractivity contribution is -0.296. The van der Waals surface area contributed by atoms with Crippen LogP contribution in [0.2, 0.25) is 0 Å². The SMILES string of the molecule is CCCCOc1cccc(C(C)(O)CC(F)(F)C(F)(F)F)c1. The van der Waals surface area contributed by atoms with Crippen molar-refractivity contribution in [2.45, 2.75) is 50.8 Å². The molecule has 1 unspecified atom stereocenters. The molecule has 0 spiro atoms. The van der Waals surface area contributed by atoms with Crippen LogP contribution >= 0.6 is 0 Å². The molecular weight excluding hydrogens is 307 g/mol. The smallest absolute Gasteiger partial charge is 0.453 e. The number of hydrogen-bond acceptors (Lipinski definition) is 2. The van der Waals surface area contributed by atoms with Crippen molar-refractivity contribution in [1.82, 2.24) is 0 Å². The van der Waals surface area contributed by atoms with Crippen molar-refractivity contribution in [2.24, 2.45) is 0 Å². The summed E-state index contributed by atoms with van der Waals surface area (Å²) < 4.78 is 68.5. The van der Waals surface area contributed by atoms with Gasteiger partial charge in [-0.15, -0.1) is 0 Å². The molecule has 0 radical (unpaired) electrons. The average Bonchev–Trinajstić information content (AvgIpc) is 2.37. The van der Waals surface area contributed by atoms with E-state index in [4.69, 9.17) is 4.74 Å². The number of unbranched alkanes of at least 4 members (excludes halogenated alkanes) is 1. The van der Waals surface area contributed by atoms with Crippen LogP contribution in [-0.2, 0) is 5.60 Å². The van der Waals surface area contributed by atoms with Gasteiger partial charge in [-0.3, -0.25) is 0 Å². The minimum absolute atomic E-state index is 0.0505. The van der Waals surface area contributed by atoms with Crippen LogP contribution in [0.25, 0.3) is 0 Å². The first-order chi connectivity index (χ1) is 9.99. The lowest BCUT2D eigenvalue weighted by Gasteiger charge is -2.30. The van der Waals surface area contributed by atoms with Crippen molar-refractivity contribution < 1.29 is 31.8 Å². The van der Waals surface area contributed by atoms with Gasteiger partial charge in [0.25, 0.3) is 0 Å². The number of hydrogen-bond donors (Lipinski definition) is 1. The van der Waals surface area contributed by atoms with Crippen molar-refractivity contribution >= 4 is 0 Å². The highest BCUT2D eigenvalue weighted by molar-refractivity contribution is 5.32. The molecule has 1 rings (SSSR count). The Morgan fingerprint density at radius 2 is 1.77 bits per heavy atom. The van der Waals surface area contributed by atoms with Gasteiger partial charge in [-0.05, 0) is 31.0 Å². The highest BCUT2D eigenvalue weighted by atomic mass is 19.4. The lowest BCUT2D eigenvalue weighted by Crippen LogP contribution is -2.42. The predicted molar refractivity (Wildman–Crippen MR) is 72.0 cm³/mol. The number of halogens is 5. The fourth-order valence-electron chi connectivity index (χ4n) is 1.89. The largest absolute Gasteiger partial charge is 0.494 e. The Hall–Kier alpha value is -1.37. The number of aliphatic hydroxyl groups is 1. The molecule has 22 heavy (non-hydrogen) atoms. The zero-order chi connectivity index (χ0) is 17.0. The first-order valence-electron chi connectivity index (χ1n) is 6.90. The van der Waals surface area contributed by atoms with Crippen molar-refractivity contribution in [3.05, 3.63) is 29.8 Å². The minimum atomic E-state index is -5.70. The van der Waals surface area contributed by atoms with E-state index in [2.05, 4.69) is 0 Å². The molecule has 0 aliphatic carbocycles. The molecule has 126 valence electrons. The van der Waals surface area contributed by atoms with Crippen LogP contribution in [0.5, 0.6) is 5.75 Å². The van der Waals surface area contributed by atoms with E-state index in [0.29, 0.717) is 12.4 Å². The number of rotatable bonds is 7. The molecule has 1 atom stereocenters. The standard InChI is InChI=1S/C15H19F5O2/c1-3-4-8-22-12-7-5-6-11(9-12)13(2,21)10-14(16,17)15(18,19)20/h5-7,9,21H,3-4,8,10H2,1-2H3. The fourth-order valence-corrected chi connectivity index (χ4v) is 1.89. The first kappa shape index (κ1) is 18.7. The van der Waals surface area contributed by atoms with Gasteiger partial charge < -0.3 is 9.84 Å². The Kier molecular flexibility index (Phi) is 5.78. The second-order valence-electron chi connectivity index (χ2n) is 5.38. The maximum absolute atomic E-state index is 13.1. The Morgan fingerprint density at radius 3 is 2.32 bits per heavy atom. The van der Waals surface area contributed by atoms with Crippen molar-refractivity contribution in [3.63, 3.8) is 0 Å². The zero-order valence-electron chi connectivity index (χ0n) is 12.4. The third kappa shape index (κ3) is 4.83. The van der Waals surface area contributed by atoms with Crippen LogP contribution in [0.3, 0.4) is 0 Å². The summed E-state index contributed by atoms with van der Waals surface area (Å²) in [5.41, 5.74) is -2.38. The predicted octanol–water partition coefficient (Wildman–Crippen LogP) is 4.66. The highest BCUT2D eigenvalue weighted by Gasteiger charge is 2.60. The van der Waals surface area contributed by atoms with Gasteiger partial charge in [0.05, 0.1) is 18.6 Å². The average molecular weight is 326 g/mol. The highest BCUT2D eigenvalue weighted by Crippen LogP contribution is 2.44. The Bertz CT molecular complexity index is 483. The maximum Gasteiger partial charge on any atom is 0.453 e. The summed E-state index contributed by atoms with van der Waals surface area (Å²) in [7, 11) is 0. The Labute approximate surface area is 125 Å². The summed E-state index contributed by atoms with van der Waals surface area (Å²) in [6.45, 7) is 3.29. The van der Waals surface area contributed by atoms with Crippen LogP contribution in [0, 0.1) is 0 Å². The topological polar surface area (TPSA) is 29.5 Å². The van der Waals surface area contributed by atoms with E-state index in [-0.39, 0.29) is 5.56 Å². The summed E-state index contributed by atoms with van der Waals surface area (Å²) in [6.07, 6.45) is -5.77. The van der Waals surface area contributed by atoms with Crippen molar-refractivity contribution in [1.29, 1.82) is 0 Å². The third-order valence-corrected chi connectivity index (χ3v) is 3.20. The van der Waals surface area contributed by atoms with Gasteiger partial charge in [0, 0.05) is 0 Å². The summed E-state index contributed by atoms with van der Waals surface area (Å²) in [4.78, 5) is 0. The molecule has 0 aliphatic rings. The molecule has 0 fully saturated rings.